The molecule has 1 heterocycles. The second-order valence-corrected chi connectivity index (χ2v) is 7.23. The second-order valence-electron chi connectivity index (χ2n) is 7.23. The van der Waals surface area contributed by atoms with Crippen molar-refractivity contribution in [3.8, 4) is 0 Å². The SMILES string of the molecule is CC(Cc1ccccc1)CN1CCC(Cc2ccccc2)CC1. The molecule has 2 aromatic carbocycles. The van der Waals surface area contributed by atoms with Gasteiger partial charge in [-0.05, 0) is 61.7 Å². The monoisotopic (exact) mass is 307 g/mol. The van der Waals surface area contributed by atoms with Gasteiger partial charge in [0, 0.05) is 6.54 Å². The van der Waals surface area contributed by atoms with Crippen LogP contribution in [0, 0.1) is 11.8 Å². The van der Waals surface area contributed by atoms with E-state index in [2.05, 4.69) is 72.5 Å². The molecule has 1 saturated heterocycles. The van der Waals surface area contributed by atoms with Crippen LogP contribution in [0.25, 0.3) is 0 Å². The highest BCUT2D eigenvalue weighted by Gasteiger charge is 2.20. The largest absolute Gasteiger partial charge is 0.303 e. The molecule has 0 N–H and O–H groups in total. The Labute approximate surface area is 141 Å². The number of likely N-dealkylation sites (tertiary alicyclic amines) is 1. The Kier molecular flexibility index (Phi) is 5.87. The molecule has 0 radical (unpaired) electrons. The van der Waals surface area contributed by atoms with Crippen molar-refractivity contribution in [1.82, 2.24) is 4.90 Å². The Morgan fingerprint density at radius 1 is 0.870 bits per heavy atom. The van der Waals surface area contributed by atoms with Crippen molar-refractivity contribution >= 4 is 0 Å². The summed E-state index contributed by atoms with van der Waals surface area (Å²) in [6.45, 7) is 6.18. The van der Waals surface area contributed by atoms with Gasteiger partial charge < -0.3 is 4.90 Å². The molecule has 2 aromatic rings. The topological polar surface area (TPSA) is 3.24 Å². The van der Waals surface area contributed by atoms with E-state index in [0.29, 0.717) is 0 Å². The van der Waals surface area contributed by atoms with E-state index in [-0.39, 0.29) is 0 Å². The summed E-state index contributed by atoms with van der Waals surface area (Å²) >= 11 is 0. The van der Waals surface area contributed by atoms with E-state index in [4.69, 9.17) is 0 Å². The zero-order valence-electron chi connectivity index (χ0n) is 14.3. The number of piperidine rings is 1. The van der Waals surface area contributed by atoms with Crippen molar-refractivity contribution in [1.29, 1.82) is 0 Å². The molecule has 1 unspecified atom stereocenters. The van der Waals surface area contributed by atoms with Gasteiger partial charge >= 0.3 is 0 Å². The van der Waals surface area contributed by atoms with E-state index in [9.17, 15) is 0 Å². The summed E-state index contributed by atoms with van der Waals surface area (Å²) in [5.41, 5.74) is 2.97. The Bertz CT molecular complexity index is 555. The van der Waals surface area contributed by atoms with Crippen LogP contribution in [-0.4, -0.2) is 24.5 Å². The zero-order chi connectivity index (χ0) is 15.9. The van der Waals surface area contributed by atoms with Gasteiger partial charge in [0.05, 0.1) is 0 Å². The lowest BCUT2D eigenvalue weighted by atomic mass is 9.89. The highest BCUT2D eigenvalue weighted by Crippen LogP contribution is 2.22. The highest BCUT2D eigenvalue weighted by molar-refractivity contribution is 5.16. The highest BCUT2D eigenvalue weighted by atomic mass is 15.1. The number of rotatable bonds is 6. The number of benzene rings is 2. The number of hydrogen-bond acceptors (Lipinski definition) is 1. The smallest absolute Gasteiger partial charge is 0.00102 e. The van der Waals surface area contributed by atoms with Crippen molar-refractivity contribution in [2.45, 2.75) is 32.6 Å². The summed E-state index contributed by atoms with van der Waals surface area (Å²) in [6.07, 6.45) is 5.17. The van der Waals surface area contributed by atoms with Gasteiger partial charge in [-0.3, -0.25) is 0 Å². The maximum atomic E-state index is 2.68. The third-order valence-electron chi connectivity index (χ3n) is 5.07. The molecule has 0 aromatic heterocycles. The van der Waals surface area contributed by atoms with Gasteiger partial charge in [0.25, 0.3) is 0 Å². The van der Waals surface area contributed by atoms with E-state index in [1.165, 1.54) is 56.4 Å². The molecule has 0 aliphatic carbocycles. The van der Waals surface area contributed by atoms with Crippen LogP contribution in [0.1, 0.15) is 30.9 Å². The van der Waals surface area contributed by atoms with E-state index >= 15 is 0 Å². The zero-order valence-corrected chi connectivity index (χ0v) is 14.3. The molecule has 1 atom stereocenters. The minimum absolute atomic E-state index is 0.739. The lowest BCUT2D eigenvalue weighted by Crippen LogP contribution is -2.37. The molecule has 122 valence electrons. The van der Waals surface area contributed by atoms with E-state index < -0.39 is 0 Å². The van der Waals surface area contributed by atoms with E-state index in [0.717, 1.165) is 11.8 Å². The fraction of sp³-hybridized carbons (Fsp3) is 0.455. The summed E-state index contributed by atoms with van der Waals surface area (Å²) in [6, 6.07) is 21.9. The van der Waals surface area contributed by atoms with Crippen molar-refractivity contribution in [3.63, 3.8) is 0 Å². The van der Waals surface area contributed by atoms with Crippen molar-refractivity contribution in [2.75, 3.05) is 19.6 Å². The standard InChI is InChI=1S/C22H29N/c1-19(16-20-8-4-2-5-9-20)18-23-14-12-22(13-15-23)17-21-10-6-3-7-11-21/h2-11,19,22H,12-18H2,1H3. The van der Waals surface area contributed by atoms with Crippen LogP contribution in [0.2, 0.25) is 0 Å². The molecule has 0 amide bonds. The molecule has 0 saturated carbocycles. The van der Waals surface area contributed by atoms with Crippen LogP contribution in [0.15, 0.2) is 60.7 Å². The minimum Gasteiger partial charge on any atom is -0.303 e. The van der Waals surface area contributed by atoms with Gasteiger partial charge in [-0.2, -0.15) is 0 Å². The summed E-state index contributed by atoms with van der Waals surface area (Å²) < 4.78 is 0. The van der Waals surface area contributed by atoms with Crippen molar-refractivity contribution < 1.29 is 0 Å². The van der Waals surface area contributed by atoms with Crippen LogP contribution in [0.5, 0.6) is 0 Å². The molecule has 3 rings (SSSR count). The van der Waals surface area contributed by atoms with Gasteiger partial charge in [-0.25, -0.2) is 0 Å². The first-order chi connectivity index (χ1) is 11.3. The van der Waals surface area contributed by atoms with Gasteiger partial charge in [0.1, 0.15) is 0 Å². The average Bonchev–Trinajstić information content (AvgIpc) is 2.58. The molecule has 1 heteroatoms. The minimum atomic E-state index is 0.739. The number of nitrogens with zero attached hydrogens (tertiary/aromatic N) is 1. The lowest BCUT2D eigenvalue weighted by molar-refractivity contribution is 0.163. The predicted molar refractivity (Wildman–Crippen MR) is 98.6 cm³/mol. The summed E-state index contributed by atoms with van der Waals surface area (Å²) in [5.74, 6) is 1.61. The quantitative estimate of drug-likeness (QED) is 0.739. The molecule has 0 spiro atoms. The van der Waals surface area contributed by atoms with Crippen molar-refractivity contribution in [3.05, 3.63) is 71.8 Å². The molecule has 0 bridgehead atoms. The van der Waals surface area contributed by atoms with Gasteiger partial charge in [0.15, 0.2) is 0 Å². The molecule has 1 aliphatic heterocycles. The Morgan fingerprint density at radius 3 is 2.04 bits per heavy atom. The predicted octanol–water partition coefficient (Wildman–Crippen LogP) is 4.82. The molecule has 1 fully saturated rings. The first-order valence-corrected chi connectivity index (χ1v) is 9.10. The maximum Gasteiger partial charge on any atom is 0.00102 e. The van der Waals surface area contributed by atoms with Gasteiger partial charge in [0.2, 0.25) is 0 Å². The van der Waals surface area contributed by atoms with Crippen LogP contribution < -0.4 is 0 Å². The average molecular weight is 307 g/mol. The fourth-order valence-electron chi connectivity index (χ4n) is 3.84. The fourth-order valence-corrected chi connectivity index (χ4v) is 3.84. The third-order valence-corrected chi connectivity index (χ3v) is 5.07. The summed E-state index contributed by atoms with van der Waals surface area (Å²) in [5, 5.41) is 0. The molecule has 1 nitrogen and oxygen atoms in total. The molecule has 1 aliphatic rings. The summed E-state index contributed by atoms with van der Waals surface area (Å²) in [7, 11) is 0. The van der Waals surface area contributed by atoms with Gasteiger partial charge in [-0.1, -0.05) is 67.6 Å². The summed E-state index contributed by atoms with van der Waals surface area (Å²) in [4.78, 5) is 2.68. The molecule has 23 heavy (non-hydrogen) atoms. The molecular formula is C22H29N. The Morgan fingerprint density at radius 2 is 1.43 bits per heavy atom. The van der Waals surface area contributed by atoms with Crippen LogP contribution in [-0.2, 0) is 12.8 Å². The van der Waals surface area contributed by atoms with Gasteiger partial charge in [-0.15, -0.1) is 0 Å². The Balaban J connectivity index is 1.40. The first kappa shape index (κ1) is 16.3. The first-order valence-electron chi connectivity index (χ1n) is 9.10. The third kappa shape index (κ3) is 5.21. The van der Waals surface area contributed by atoms with E-state index in [1.807, 2.05) is 0 Å². The maximum absolute atomic E-state index is 2.68. The van der Waals surface area contributed by atoms with Crippen LogP contribution >= 0.6 is 0 Å². The Hall–Kier alpha value is -1.60. The molecular weight excluding hydrogens is 278 g/mol. The van der Waals surface area contributed by atoms with Crippen LogP contribution in [0.4, 0.5) is 0 Å². The van der Waals surface area contributed by atoms with Crippen LogP contribution in [0.3, 0.4) is 0 Å². The normalized spacial score (nSPS) is 18.0. The lowest BCUT2D eigenvalue weighted by Gasteiger charge is -2.33. The van der Waals surface area contributed by atoms with E-state index in [1.54, 1.807) is 0 Å². The van der Waals surface area contributed by atoms with Crippen molar-refractivity contribution in [2.24, 2.45) is 11.8 Å². The second kappa shape index (κ2) is 8.31. The number of hydrogen-bond donors (Lipinski definition) is 0.